The SMILES string of the molecule is C=C(C)C(=O)OCCN(CCOC(=O)C(=C)C)C(N)=O. The molecule has 0 aromatic carbocycles. The van der Waals surface area contributed by atoms with E-state index in [0.29, 0.717) is 0 Å². The first-order valence-electron chi connectivity index (χ1n) is 5.95. The van der Waals surface area contributed by atoms with Crippen LogP contribution < -0.4 is 5.73 Å². The van der Waals surface area contributed by atoms with Gasteiger partial charge in [-0.1, -0.05) is 13.2 Å². The molecule has 0 atom stereocenters. The zero-order chi connectivity index (χ0) is 15.7. The summed E-state index contributed by atoms with van der Waals surface area (Å²) in [5.41, 5.74) is 5.70. The molecule has 7 nitrogen and oxygen atoms in total. The molecule has 7 heteroatoms. The van der Waals surface area contributed by atoms with Crippen molar-refractivity contribution in [3.63, 3.8) is 0 Å². The second kappa shape index (κ2) is 8.73. The molecule has 0 saturated heterocycles. The first-order valence-corrected chi connectivity index (χ1v) is 5.95. The van der Waals surface area contributed by atoms with Crippen molar-refractivity contribution in [3.05, 3.63) is 24.3 Å². The lowest BCUT2D eigenvalue weighted by atomic mass is 10.4. The van der Waals surface area contributed by atoms with Crippen LogP contribution >= 0.6 is 0 Å². The average Bonchev–Trinajstić information content (AvgIpc) is 2.35. The molecular formula is C13H20N2O5. The molecule has 0 aromatic rings. The van der Waals surface area contributed by atoms with Gasteiger partial charge in [-0.2, -0.15) is 0 Å². The highest BCUT2D eigenvalue weighted by atomic mass is 16.5. The molecule has 0 unspecified atom stereocenters. The Morgan fingerprint density at radius 1 is 0.950 bits per heavy atom. The van der Waals surface area contributed by atoms with Crippen molar-refractivity contribution in [3.8, 4) is 0 Å². The summed E-state index contributed by atoms with van der Waals surface area (Å²) in [5.74, 6) is -1.08. The number of ether oxygens (including phenoxy) is 2. The van der Waals surface area contributed by atoms with Crippen LogP contribution in [-0.2, 0) is 19.1 Å². The van der Waals surface area contributed by atoms with Gasteiger partial charge in [0.1, 0.15) is 13.2 Å². The van der Waals surface area contributed by atoms with Crippen LogP contribution in [0.2, 0.25) is 0 Å². The van der Waals surface area contributed by atoms with E-state index < -0.39 is 18.0 Å². The zero-order valence-corrected chi connectivity index (χ0v) is 11.8. The van der Waals surface area contributed by atoms with E-state index >= 15 is 0 Å². The number of rotatable bonds is 8. The van der Waals surface area contributed by atoms with Crippen molar-refractivity contribution < 1.29 is 23.9 Å². The summed E-state index contributed by atoms with van der Waals surface area (Å²) in [6.07, 6.45) is 0. The highest BCUT2D eigenvalue weighted by Gasteiger charge is 2.12. The zero-order valence-electron chi connectivity index (χ0n) is 11.8. The molecule has 0 aliphatic heterocycles. The van der Waals surface area contributed by atoms with E-state index in [0.717, 1.165) is 0 Å². The molecule has 2 amide bonds. The lowest BCUT2D eigenvalue weighted by Gasteiger charge is -2.20. The summed E-state index contributed by atoms with van der Waals surface area (Å²) in [5, 5.41) is 0. The fourth-order valence-corrected chi connectivity index (χ4v) is 1.08. The third-order valence-electron chi connectivity index (χ3n) is 2.20. The highest BCUT2D eigenvalue weighted by molar-refractivity contribution is 5.87. The van der Waals surface area contributed by atoms with Crippen LogP contribution in [0.25, 0.3) is 0 Å². The van der Waals surface area contributed by atoms with Crippen LogP contribution in [0.5, 0.6) is 0 Å². The largest absolute Gasteiger partial charge is 0.460 e. The molecule has 0 aromatic heterocycles. The van der Waals surface area contributed by atoms with Gasteiger partial charge in [-0.25, -0.2) is 14.4 Å². The number of carbonyl (C=O) groups is 3. The fourth-order valence-electron chi connectivity index (χ4n) is 1.08. The number of hydrogen-bond donors (Lipinski definition) is 1. The minimum absolute atomic E-state index is 0.0108. The standard InChI is InChI=1S/C13H20N2O5/c1-9(2)11(16)19-7-5-15(13(14)18)6-8-20-12(17)10(3)4/h1,3,5-8H2,2,4H3,(H2,14,18). The van der Waals surface area contributed by atoms with Gasteiger partial charge in [-0.15, -0.1) is 0 Å². The number of nitrogens with two attached hydrogens (primary N) is 1. The molecule has 20 heavy (non-hydrogen) atoms. The molecule has 112 valence electrons. The van der Waals surface area contributed by atoms with Gasteiger partial charge < -0.3 is 20.1 Å². The van der Waals surface area contributed by atoms with Crippen LogP contribution in [0.1, 0.15) is 13.8 Å². The number of carbonyl (C=O) groups excluding carboxylic acids is 3. The number of urea groups is 1. The molecule has 0 aliphatic carbocycles. The third-order valence-corrected chi connectivity index (χ3v) is 2.20. The lowest BCUT2D eigenvalue weighted by Crippen LogP contribution is -2.40. The quantitative estimate of drug-likeness (QED) is 0.520. The summed E-state index contributed by atoms with van der Waals surface area (Å²) >= 11 is 0. The predicted octanol–water partition coefficient (Wildman–Crippen LogP) is 0.606. The van der Waals surface area contributed by atoms with Crippen molar-refractivity contribution >= 4 is 18.0 Å². The molecule has 0 fully saturated rings. The Bertz CT molecular complexity index is 385. The van der Waals surface area contributed by atoms with Gasteiger partial charge in [0.2, 0.25) is 0 Å². The number of primary amides is 1. The number of nitrogens with zero attached hydrogens (tertiary/aromatic N) is 1. The minimum atomic E-state index is -0.692. The first kappa shape index (κ1) is 17.7. The van der Waals surface area contributed by atoms with Crippen molar-refractivity contribution in [1.82, 2.24) is 4.90 Å². The van der Waals surface area contributed by atoms with E-state index in [9.17, 15) is 14.4 Å². The second-order valence-electron chi connectivity index (χ2n) is 4.16. The Hall–Kier alpha value is -2.31. The maximum atomic E-state index is 11.2. The van der Waals surface area contributed by atoms with Gasteiger partial charge in [-0.05, 0) is 13.8 Å². The minimum Gasteiger partial charge on any atom is -0.460 e. The van der Waals surface area contributed by atoms with Crippen LogP contribution in [-0.4, -0.2) is 49.2 Å². The van der Waals surface area contributed by atoms with Crippen LogP contribution in [0.4, 0.5) is 4.79 Å². The van der Waals surface area contributed by atoms with E-state index in [4.69, 9.17) is 15.2 Å². The fraction of sp³-hybridized carbons (Fsp3) is 0.462. The number of amides is 2. The van der Waals surface area contributed by atoms with Gasteiger partial charge in [0, 0.05) is 11.1 Å². The average molecular weight is 284 g/mol. The smallest absolute Gasteiger partial charge is 0.333 e. The molecule has 0 spiro atoms. The monoisotopic (exact) mass is 284 g/mol. The van der Waals surface area contributed by atoms with Gasteiger partial charge in [-0.3, -0.25) is 0 Å². The molecular weight excluding hydrogens is 264 g/mol. The Morgan fingerprint density at radius 3 is 1.55 bits per heavy atom. The third kappa shape index (κ3) is 7.20. The van der Waals surface area contributed by atoms with Crippen molar-refractivity contribution in [2.75, 3.05) is 26.3 Å². The summed E-state index contributed by atoms with van der Waals surface area (Å²) in [7, 11) is 0. The highest BCUT2D eigenvalue weighted by Crippen LogP contribution is 1.96. The van der Waals surface area contributed by atoms with E-state index in [1.807, 2.05) is 0 Å². The molecule has 0 radical (unpaired) electrons. The van der Waals surface area contributed by atoms with Crippen molar-refractivity contribution in [2.45, 2.75) is 13.8 Å². The Morgan fingerprint density at radius 2 is 1.30 bits per heavy atom. The predicted molar refractivity (Wildman–Crippen MR) is 72.7 cm³/mol. The van der Waals surface area contributed by atoms with E-state index in [1.165, 1.54) is 18.7 Å². The topological polar surface area (TPSA) is 98.9 Å². The maximum Gasteiger partial charge on any atom is 0.333 e. The molecule has 0 heterocycles. The molecule has 2 N–H and O–H groups in total. The summed E-state index contributed by atoms with van der Waals surface area (Å²) < 4.78 is 9.68. The van der Waals surface area contributed by atoms with Crippen LogP contribution in [0.15, 0.2) is 24.3 Å². The van der Waals surface area contributed by atoms with Gasteiger partial charge in [0.05, 0.1) is 13.1 Å². The first-order chi connectivity index (χ1) is 9.25. The Balaban J connectivity index is 4.09. The van der Waals surface area contributed by atoms with Gasteiger partial charge >= 0.3 is 18.0 Å². The summed E-state index contributed by atoms with van der Waals surface area (Å²) in [6.45, 7) is 10.1. The summed E-state index contributed by atoms with van der Waals surface area (Å²) in [4.78, 5) is 34.6. The van der Waals surface area contributed by atoms with Gasteiger partial charge in [0.15, 0.2) is 0 Å². The number of esters is 2. The Kier molecular flexibility index (Phi) is 7.72. The van der Waals surface area contributed by atoms with Crippen molar-refractivity contribution in [2.24, 2.45) is 5.73 Å². The lowest BCUT2D eigenvalue weighted by molar-refractivity contribution is -0.139. The second-order valence-corrected chi connectivity index (χ2v) is 4.16. The van der Waals surface area contributed by atoms with Gasteiger partial charge in [0.25, 0.3) is 0 Å². The maximum absolute atomic E-state index is 11.2. The van der Waals surface area contributed by atoms with E-state index in [2.05, 4.69) is 13.2 Å². The van der Waals surface area contributed by atoms with E-state index in [1.54, 1.807) is 0 Å². The molecule has 0 bridgehead atoms. The molecule has 0 aliphatic rings. The Labute approximate surface area is 118 Å². The normalized spacial score (nSPS) is 9.50. The summed E-state index contributed by atoms with van der Waals surface area (Å²) in [6, 6.07) is -0.692. The van der Waals surface area contributed by atoms with Crippen molar-refractivity contribution in [1.29, 1.82) is 0 Å². The molecule has 0 saturated carbocycles. The van der Waals surface area contributed by atoms with Crippen LogP contribution in [0.3, 0.4) is 0 Å². The number of hydrogen-bond acceptors (Lipinski definition) is 5. The van der Waals surface area contributed by atoms with Crippen LogP contribution in [0, 0.1) is 0 Å². The molecule has 0 rings (SSSR count). The van der Waals surface area contributed by atoms with E-state index in [-0.39, 0.29) is 37.4 Å².